The lowest BCUT2D eigenvalue weighted by Crippen LogP contribution is -2.46. The number of hydrogen-bond donors (Lipinski definition) is 1. The van der Waals surface area contributed by atoms with Crippen LogP contribution in [0.15, 0.2) is 0 Å². The Morgan fingerprint density at radius 3 is 2.36 bits per heavy atom. The fourth-order valence-electron chi connectivity index (χ4n) is 1.05. The number of halogens is 2. The van der Waals surface area contributed by atoms with E-state index in [0.29, 0.717) is 0 Å². The second-order valence-corrected chi connectivity index (χ2v) is 3.52. The van der Waals surface area contributed by atoms with Gasteiger partial charge >= 0.3 is 0 Å². The zero-order chi connectivity index (χ0) is 11.3. The van der Waals surface area contributed by atoms with Crippen molar-refractivity contribution >= 4 is 5.91 Å². The molecule has 1 amide bonds. The van der Waals surface area contributed by atoms with Gasteiger partial charge in [-0.1, -0.05) is 20.3 Å². The van der Waals surface area contributed by atoms with E-state index in [9.17, 15) is 13.6 Å². The molecule has 0 aromatic heterocycles. The molecule has 14 heavy (non-hydrogen) atoms. The normalized spacial score (nSPS) is 15.4. The third-order valence-electron chi connectivity index (χ3n) is 2.33. The second-order valence-electron chi connectivity index (χ2n) is 3.52. The molecule has 0 aromatic rings. The molecule has 0 rings (SSSR count). The number of likely N-dealkylation sites (N-methyl/N-ethyl adjacent to an activating group) is 1. The third-order valence-corrected chi connectivity index (χ3v) is 2.33. The van der Waals surface area contributed by atoms with E-state index in [4.69, 9.17) is 5.73 Å². The van der Waals surface area contributed by atoms with Crippen molar-refractivity contribution in [3.63, 3.8) is 0 Å². The average molecular weight is 208 g/mol. The predicted octanol–water partition coefficient (Wildman–Crippen LogP) is 1.08. The predicted molar refractivity (Wildman–Crippen MR) is 51.1 cm³/mol. The van der Waals surface area contributed by atoms with E-state index in [2.05, 4.69) is 0 Å². The molecule has 2 atom stereocenters. The molecule has 0 aliphatic carbocycles. The zero-order valence-electron chi connectivity index (χ0n) is 8.84. The monoisotopic (exact) mass is 208 g/mol. The number of amides is 1. The summed E-state index contributed by atoms with van der Waals surface area (Å²) in [5.74, 6) is -0.401. The van der Waals surface area contributed by atoms with Crippen molar-refractivity contribution in [2.24, 2.45) is 11.7 Å². The molecule has 0 aliphatic heterocycles. The number of alkyl halides is 2. The van der Waals surface area contributed by atoms with E-state index < -0.39 is 24.9 Å². The Bertz CT molecular complexity index is 188. The van der Waals surface area contributed by atoms with Crippen molar-refractivity contribution in [1.82, 2.24) is 4.90 Å². The average Bonchev–Trinajstić information content (AvgIpc) is 2.13. The van der Waals surface area contributed by atoms with Crippen LogP contribution in [0.2, 0.25) is 0 Å². The molecule has 0 fully saturated rings. The lowest BCUT2D eigenvalue weighted by molar-refractivity contribution is -0.134. The molecule has 2 unspecified atom stereocenters. The van der Waals surface area contributed by atoms with Gasteiger partial charge in [0.1, 0.15) is 0 Å². The van der Waals surface area contributed by atoms with Gasteiger partial charge in [-0.3, -0.25) is 4.79 Å². The van der Waals surface area contributed by atoms with Gasteiger partial charge in [-0.15, -0.1) is 0 Å². The number of nitrogens with two attached hydrogens (primary N) is 1. The zero-order valence-corrected chi connectivity index (χ0v) is 8.84. The summed E-state index contributed by atoms with van der Waals surface area (Å²) >= 11 is 0. The highest BCUT2D eigenvalue weighted by Crippen LogP contribution is 2.08. The molecule has 0 bridgehead atoms. The summed E-state index contributed by atoms with van der Waals surface area (Å²) in [6, 6.07) is -0.677. The standard InChI is InChI=1S/C9H18F2N2O/c1-4-6(2)8(12)9(14)13(3)5-7(10)11/h6-8H,4-5,12H2,1-3H3. The van der Waals surface area contributed by atoms with E-state index in [0.717, 1.165) is 11.3 Å². The van der Waals surface area contributed by atoms with Crippen LogP contribution >= 0.6 is 0 Å². The van der Waals surface area contributed by atoms with Crippen LogP contribution in [0.3, 0.4) is 0 Å². The maximum absolute atomic E-state index is 12.0. The number of hydrogen-bond acceptors (Lipinski definition) is 2. The molecule has 0 aliphatic rings. The van der Waals surface area contributed by atoms with Gasteiger partial charge in [0.15, 0.2) is 0 Å². The van der Waals surface area contributed by atoms with Crippen LogP contribution in [0.1, 0.15) is 20.3 Å². The van der Waals surface area contributed by atoms with E-state index in [1.807, 2.05) is 13.8 Å². The molecule has 0 aromatic carbocycles. The van der Waals surface area contributed by atoms with Crippen LogP contribution < -0.4 is 5.73 Å². The van der Waals surface area contributed by atoms with Crippen LogP contribution in [0.5, 0.6) is 0 Å². The van der Waals surface area contributed by atoms with E-state index in [1.165, 1.54) is 7.05 Å². The second kappa shape index (κ2) is 5.90. The highest BCUT2D eigenvalue weighted by Gasteiger charge is 2.24. The molecule has 0 saturated heterocycles. The molecule has 3 nitrogen and oxygen atoms in total. The Labute approximate surface area is 83.3 Å². The van der Waals surface area contributed by atoms with Crippen LogP contribution in [0, 0.1) is 5.92 Å². The minimum atomic E-state index is -2.51. The first kappa shape index (κ1) is 13.3. The third kappa shape index (κ3) is 4.00. The van der Waals surface area contributed by atoms with E-state index in [-0.39, 0.29) is 5.92 Å². The summed E-state index contributed by atoms with van der Waals surface area (Å²) in [6.45, 7) is 3.19. The first-order valence-electron chi connectivity index (χ1n) is 4.68. The Kier molecular flexibility index (Phi) is 5.60. The first-order valence-corrected chi connectivity index (χ1v) is 4.68. The van der Waals surface area contributed by atoms with Gasteiger partial charge in [-0.2, -0.15) is 0 Å². The summed E-state index contributed by atoms with van der Waals surface area (Å²) in [6.07, 6.45) is -1.75. The molecule has 0 heterocycles. The van der Waals surface area contributed by atoms with Gasteiger partial charge in [0.05, 0.1) is 12.6 Å². The Hall–Kier alpha value is -0.710. The van der Waals surface area contributed by atoms with Gasteiger partial charge in [0.25, 0.3) is 6.43 Å². The fourth-order valence-corrected chi connectivity index (χ4v) is 1.05. The summed E-state index contributed by atoms with van der Waals surface area (Å²) in [5, 5.41) is 0. The van der Waals surface area contributed by atoms with Gasteiger partial charge in [-0.25, -0.2) is 8.78 Å². The summed E-state index contributed by atoms with van der Waals surface area (Å²) in [7, 11) is 1.34. The van der Waals surface area contributed by atoms with E-state index in [1.54, 1.807) is 0 Å². The van der Waals surface area contributed by atoms with Gasteiger partial charge in [0, 0.05) is 7.05 Å². The van der Waals surface area contributed by atoms with Crippen LogP contribution in [-0.4, -0.2) is 36.9 Å². The summed E-state index contributed by atoms with van der Waals surface area (Å²) < 4.78 is 23.9. The van der Waals surface area contributed by atoms with Crippen molar-refractivity contribution in [2.45, 2.75) is 32.7 Å². The van der Waals surface area contributed by atoms with Gasteiger partial charge in [-0.05, 0) is 5.92 Å². The van der Waals surface area contributed by atoms with Crippen LogP contribution in [-0.2, 0) is 4.79 Å². The van der Waals surface area contributed by atoms with Crippen LogP contribution in [0.4, 0.5) is 8.78 Å². The summed E-state index contributed by atoms with van der Waals surface area (Å²) in [4.78, 5) is 12.4. The lowest BCUT2D eigenvalue weighted by Gasteiger charge is -2.24. The molecule has 84 valence electrons. The number of carbonyl (C=O) groups excluding carboxylic acids is 1. The Morgan fingerprint density at radius 2 is 2.00 bits per heavy atom. The van der Waals surface area contributed by atoms with Crippen molar-refractivity contribution in [1.29, 1.82) is 0 Å². The van der Waals surface area contributed by atoms with Crippen molar-refractivity contribution in [2.75, 3.05) is 13.6 Å². The van der Waals surface area contributed by atoms with Crippen molar-refractivity contribution in [3.8, 4) is 0 Å². The van der Waals surface area contributed by atoms with Crippen molar-refractivity contribution in [3.05, 3.63) is 0 Å². The number of rotatable bonds is 5. The highest BCUT2D eigenvalue weighted by atomic mass is 19.3. The smallest absolute Gasteiger partial charge is 0.255 e. The maximum Gasteiger partial charge on any atom is 0.255 e. The molecule has 0 spiro atoms. The molecular formula is C9H18F2N2O. The van der Waals surface area contributed by atoms with Gasteiger partial charge in [0.2, 0.25) is 5.91 Å². The summed E-state index contributed by atoms with van der Waals surface area (Å²) in [5.41, 5.74) is 5.61. The maximum atomic E-state index is 12.0. The molecule has 2 N–H and O–H groups in total. The Balaban J connectivity index is 4.17. The quantitative estimate of drug-likeness (QED) is 0.735. The molecular weight excluding hydrogens is 190 g/mol. The highest BCUT2D eigenvalue weighted by molar-refractivity contribution is 5.81. The molecule has 5 heteroatoms. The van der Waals surface area contributed by atoms with Crippen molar-refractivity contribution < 1.29 is 13.6 Å². The molecule has 0 radical (unpaired) electrons. The SMILES string of the molecule is CCC(C)C(N)C(=O)N(C)CC(F)F. The van der Waals surface area contributed by atoms with E-state index >= 15 is 0 Å². The number of nitrogens with zero attached hydrogens (tertiary/aromatic N) is 1. The van der Waals surface area contributed by atoms with Crippen LogP contribution in [0.25, 0.3) is 0 Å². The number of carbonyl (C=O) groups is 1. The molecule has 0 saturated carbocycles. The minimum Gasteiger partial charge on any atom is -0.339 e. The first-order chi connectivity index (χ1) is 6.40. The minimum absolute atomic E-state index is 0.0163. The topological polar surface area (TPSA) is 46.3 Å². The largest absolute Gasteiger partial charge is 0.339 e. The fraction of sp³-hybridized carbons (Fsp3) is 0.889. The Morgan fingerprint density at radius 1 is 1.50 bits per heavy atom. The lowest BCUT2D eigenvalue weighted by atomic mass is 9.99. The van der Waals surface area contributed by atoms with Gasteiger partial charge < -0.3 is 10.6 Å².